The molecule has 0 aliphatic heterocycles. The Morgan fingerprint density at radius 3 is 2.54 bits per heavy atom. The maximum absolute atomic E-state index is 12.2. The molecule has 1 unspecified atom stereocenters. The number of nitro groups is 1. The molecule has 0 heterocycles. The molecule has 1 rings (SSSR count). The Labute approximate surface area is 142 Å². The van der Waals surface area contributed by atoms with Gasteiger partial charge in [-0.25, -0.2) is 8.42 Å². The van der Waals surface area contributed by atoms with Crippen LogP contribution < -0.4 is 0 Å². The minimum atomic E-state index is -3.64. The van der Waals surface area contributed by atoms with E-state index in [0.29, 0.717) is 6.42 Å². The number of esters is 1. The lowest BCUT2D eigenvalue weighted by molar-refractivity contribution is -0.388. The molecule has 1 aromatic carbocycles. The average Bonchev–Trinajstić information content (AvgIpc) is 2.50. The summed E-state index contributed by atoms with van der Waals surface area (Å²) in [5, 5.41) is 11.1. The number of rotatable bonds is 9. The molecule has 24 heavy (non-hydrogen) atoms. The van der Waals surface area contributed by atoms with Crippen LogP contribution in [0.1, 0.15) is 26.2 Å². The molecule has 0 fully saturated rings. The van der Waals surface area contributed by atoms with Crippen molar-refractivity contribution >= 4 is 32.3 Å². The van der Waals surface area contributed by atoms with Crippen LogP contribution in [0, 0.1) is 10.1 Å². The van der Waals surface area contributed by atoms with Crippen LogP contribution in [-0.2, 0) is 30.2 Å². The van der Waals surface area contributed by atoms with E-state index >= 15 is 0 Å². The molecule has 1 atom stereocenters. The fraction of sp³-hybridized carbons (Fsp3) is 0.500. The molecule has 0 amide bonds. The maximum Gasteiger partial charge on any atom is 0.318 e. The molecule has 0 radical (unpaired) electrons. The van der Waals surface area contributed by atoms with Gasteiger partial charge in [0.25, 0.3) is 5.69 Å². The first kappa shape index (κ1) is 20.2. The van der Waals surface area contributed by atoms with Crippen LogP contribution in [0.25, 0.3) is 0 Å². The molecule has 134 valence electrons. The molecule has 10 heteroatoms. The topological polar surface area (TPSA) is 121 Å². The maximum atomic E-state index is 12.2. The van der Waals surface area contributed by atoms with E-state index in [1.807, 2.05) is 6.92 Å². The van der Waals surface area contributed by atoms with E-state index < -0.39 is 43.0 Å². The summed E-state index contributed by atoms with van der Waals surface area (Å²) in [4.78, 5) is 21.4. The average molecular weight is 377 g/mol. The van der Waals surface area contributed by atoms with Crippen LogP contribution in [-0.4, -0.2) is 42.1 Å². The Morgan fingerprint density at radius 2 is 2.00 bits per heavy atom. The Morgan fingerprint density at radius 1 is 1.33 bits per heavy atom. The minimum Gasteiger partial charge on any atom is -0.465 e. The molecule has 0 aliphatic rings. The van der Waals surface area contributed by atoms with Crippen LogP contribution in [0.15, 0.2) is 28.0 Å². The first-order valence-corrected chi connectivity index (χ1v) is 10.4. The SMILES string of the molecule is CCCCCOC(=O)CS(=O)c1ccc(S(C)(=O)=O)cc1[N+](=O)[O-]. The second-order valence-corrected chi connectivity index (χ2v) is 8.51. The van der Waals surface area contributed by atoms with Crippen LogP contribution >= 0.6 is 0 Å². The van der Waals surface area contributed by atoms with Crippen LogP contribution in [0.3, 0.4) is 0 Å². The molecule has 1 aromatic rings. The normalized spacial score (nSPS) is 12.6. The van der Waals surface area contributed by atoms with Gasteiger partial charge < -0.3 is 4.74 Å². The zero-order valence-electron chi connectivity index (χ0n) is 13.4. The number of nitrogens with zero attached hydrogens (tertiary/aromatic N) is 1. The number of benzene rings is 1. The standard InChI is InChI=1S/C14H19NO7S2/c1-3-4-5-8-22-14(16)10-23(19)13-7-6-11(24(2,20)21)9-12(13)15(17)18/h6-7,9H,3-5,8,10H2,1-2H3. The molecule has 0 N–H and O–H groups in total. The number of nitro benzene ring substituents is 1. The fourth-order valence-electron chi connectivity index (χ4n) is 1.83. The number of hydrogen-bond donors (Lipinski definition) is 0. The van der Waals surface area contributed by atoms with Crippen molar-refractivity contribution in [1.29, 1.82) is 0 Å². The summed E-state index contributed by atoms with van der Waals surface area (Å²) in [6, 6.07) is 3.06. The van der Waals surface area contributed by atoms with Gasteiger partial charge in [0, 0.05) is 12.3 Å². The number of sulfone groups is 1. The van der Waals surface area contributed by atoms with E-state index in [9.17, 15) is 27.5 Å². The molecule has 8 nitrogen and oxygen atoms in total. The molecule has 0 bridgehead atoms. The van der Waals surface area contributed by atoms with Crippen molar-refractivity contribution in [2.45, 2.75) is 36.0 Å². The molecular weight excluding hydrogens is 358 g/mol. The van der Waals surface area contributed by atoms with Gasteiger partial charge in [0.05, 0.1) is 27.2 Å². The van der Waals surface area contributed by atoms with E-state index in [2.05, 4.69) is 0 Å². The first-order chi connectivity index (χ1) is 11.2. The van der Waals surface area contributed by atoms with E-state index in [1.54, 1.807) is 0 Å². The van der Waals surface area contributed by atoms with E-state index in [0.717, 1.165) is 37.3 Å². The summed E-state index contributed by atoms with van der Waals surface area (Å²) >= 11 is 0. The smallest absolute Gasteiger partial charge is 0.318 e. The third-order valence-electron chi connectivity index (χ3n) is 3.06. The molecular formula is C14H19NO7S2. The predicted octanol–water partition coefficient (Wildman–Crippen LogP) is 1.84. The highest BCUT2D eigenvalue weighted by Gasteiger charge is 2.24. The number of hydrogen-bond acceptors (Lipinski definition) is 7. The van der Waals surface area contributed by atoms with Gasteiger partial charge in [-0.15, -0.1) is 0 Å². The van der Waals surface area contributed by atoms with Gasteiger partial charge in [0.15, 0.2) is 9.84 Å². The van der Waals surface area contributed by atoms with Crippen molar-refractivity contribution in [1.82, 2.24) is 0 Å². The number of unbranched alkanes of at least 4 members (excludes halogenated alkanes) is 2. The summed E-state index contributed by atoms with van der Waals surface area (Å²) in [5.74, 6) is -1.24. The number of carbonyl (C=O) groups is 1. The lowest BCUT2D eigenvalue weighted by Crippen LogP contribution is -2.16. The summed E-state index contributed by atoms with van der Waals surface area (Å²) < 4.78 is 40.0. The molecule has 0 spiro atoms. The van der Waals surface area contributed by atoms with Crippen molar-refractivity contribution in [2.24, 2.45) is 0 Å². The van der Waals surface area contributed by atoms with Crippen LogP contribution in [0.2, 0.25) is 0 Å². The van der Waals surface area contributed by atoms with Gasteiger partial charge in [-0.05, 0) is 18.6 Å². The van der Waals surface area contributed by atoms with Crippen LogP contribution in [0.5, 0.6) is 0 Å². The van der Waals surface area contributed by atoms with E-state index in [1.165, 1.54) is 0 Å². The second kappa shape index (κ2) is 8.88. The van der Waals surface area contributed by atoms with E-state index in [4.69, 9.17) is 4.74 Å². The highest BCUT2D eigenvalue weighted by molar-refractivity contribution is 7.90. The van der Waals surface area contributed by atoms with Gasteiger partial charge in [-0.2, -0.15) is 0 Å². The van der Waals surface area contributed by atoms with Gasteiger partial charge in [-0.3, -0.25) is 19.1 Å². The Balaban J connectivity index is 2.90. The van der Waals surface area contributed by atoms with Crippen molar-refractivity contribution in [3.8, 4) is 0 Å². The predicted molar refractivity (Wildman–Crippen MR) is 88.0 cm³/mol. The van der Waals surface area contributed by atoms with Crippen molar-refractivity contribution in [3.05, 3.63) is 28.3 Å². The Hall–Kier alpha value is -1.81. The van der Waals surface area contributed by atoms with Gasteiger partial charge >= 0.3 is 5.97 Å². The quantitative estimate of drug-likeness (QED) is 0.278. The third kappa shape index (κ3) is 6.00. The zero-order valence-corrected chi connectivity index (χ0v) is 15.0. The fourth-order valence-corrected chi connectivity index (χ4v) is 3.51. The Bertz CT molecular complexity index is 743. The zero-order chi connectivity index (χ0) is 18.3. The summed E-state index contributed by atoms with van der Waals surface area (Å²) in [7, 11) is -5.64. The van der Waals surface area contributed by atoms with Crippen LogP contribution in [0.4, 0.5) is 5.69 Å². The lowest BCUT2D eigenvalue weighted by atomic mass is 10.3. The molecule has 0 saturated heterocycles. The first-order valence-electron chi connectivity index (χ1n) is 7.19. The monoisotopic (exact) mass is 377 g/mol. The van der Waals surface area contributed by atoms with Crippen molar-refractivity contribution in [3.63, 3.8) is 0 Å². The van der Waals surface area contributed by atoms with Crippen molar-refractivity contribution < 1.29 is 27.1 Å². The second-order valence-electron chi connectivity index (χ2n) is 5.08. The summed E-state index contributed by atoms with van der Waals surface area (Å²) in [6.07, 6.45) is 3.46. The van der Waals surface area contributed by atoms with Gasteiger partial charge in [0.2, 0.25) is 0 Å². The summed E-state index contributed by atoms with van der Waals surface area (Å²) in [5.41, 5.74) is -0.602. The molecule has 0 aromatic heterocycles. The Kier molecular flexibility index (Phi) is 7.49. The number of carbonyl (C=O) groups excluding carboxylic acids is 1. The molecule has 0 saturated carbocycles. The van der Waals surface area contributed by atoms with E-state index in [-0.39, 0.29) is 16.4 Å². The molecule has 0 aliphatic carbocycles. The number of ether oxygens (including phenoxy) is 1. The lowest BCUT2D eigenvalue weighted by Gasteiger charge is -2.06. The highest BCUT2D eigenvalue weighted by Crippen LogP contribution is 2.26. The minimum absolute atomic E-state index is 0.207. The third-order valence-corrected chi connectivity index (χ3v) is 5.50. The van der Waals surface area contributed by atoms with Crippen molar-refractivity contribution in [2.75, 3.05) is 18.6 Å². The largest absolute Gasteiger partial charge is 0.465 e. The van der Waals surface area contributed by atoms with Gasteiger partial charge in [-0.1, -0.05) is 19.8 Å². The summed E-state index contributed by atoms with van der Waals surface area (Å²) in [6.45, 7) is 2.20. The highest BCUT2D eigenvalue weighted by atomic mass is 32.2. The van der Waals surface area contributed by atoms with Gasteiger partial charge in [0.1, 0.15) is 10.6 Å².